The summed E-state index contributed by atoms with van der Waals surface area (Å²) in [7, 11) is 1.70. The maximum absolute atomic E-state index is 5.64. The van der Waals surface area contributed by atoms with Gasteiger partial charge < -0.3 is 20.0 Å². The number of aromatic amines is 2. The van der Waals surface area contributed by atoms with E-state index in [2.05, 4.69) is 66.4 Å². The summed E-state index contributed by atoms with van der Waals surface area (Å²) in [5.74, 6) is 0.808. The molecule has 2 aromatic heterocycles. The van der Waals surface area contributed by atoms with Crippen molar-refractivity contribution in [3.05, 3.63) is 74.6 Å². The highest BCUT2D eigenvalue weighted by Crippen LogP contribution is 2.14. The lowest BCUT2D eigenvalue weighted by atomic mass is 10.1. The summed E-state index contributed by atoms with van der Waals surface area (Å²) in [6.07, 6.45) is 2.09. The van der Waals surface area contributed by atoms with Crippen LogP contribution >= 0.6 is 0 Å². The number of hydrogen-bond donors (Lipinski definition) is 3. The summed E-state index contributed by atoms with van der Waals surface area (Å²) in [6.45, 7) is 7.97. The third-order valence-electron chi connectivity index (χ3n) is 5.06. The Balaban J connectivity index is 1.94. The molecule has 0 aliphatic carbocycles. The van der Waals surface area contributed by atoms with Crippen LogP contribution in [0, 0.1) is 13.8 Å². The van der Waals surface area contributed by atoms with E-state index < -0.39 is 0 Å². The normalized spacial score (nSPS) is 15.7. The number of aryl methyl sites for hydroxylation is 2. The zero-order chi connectivity index (χ0) is 19.7. The van der Waals surface area contributed by atoms with E-state index in [-0.39, 0.29) is 0 Å². The van der Waals surface area contributed by atoms with Gasteiger partial charge >= 0.3 is 0 Å². The van der Waals surface area contributed by atoms with Gasteiger partial charge in [-0.3, -0.25) is 0 Å². The van der Waals surface area contributed by atoms with Gasteiger partial charge in [-0.15, -0.1) is 0 Å². The van der Waals surface area contributed by atoms with E-state index in [1.807, 2.05) is 12.1 Å². The fourth-order valence-electron chi connectivity index (χ4n) is 3.69. The number of aromatic nitrogens is 2. The third-order valence-corrected chi connectivity index (χ3v) is 5.06. The lowest BCUT2D eigenvalue weighted by Crippen LogP contribution is -2.27. The molecule has 5 nitrogen and oxygen atoms in total. The first-order valence-electron chi connectivity index (χ1n) is 9.64. The molecule has 0 fully saturated rings. The van der Waals surface area contributed by atoms with E-state index in [9.17, 15) is 0 Å². The first-order valence-corrected chi connectivity index (χ1v) is 9.64. The number of rotatable bonds is 5. The second-order valence-electron chi connectivity index (χ2n) is 7.09. The molecule has 3 aromatic rings. The standard InChI is InChI=1S/C23H26N4O/c1-5-24-13-17-16-8-6-7-9-18(16)27-23(17)21-12-22(28-4)20(26-21)11-19-14(2)10-15(3)25-19/h6-12,24-26H,5,13H2,1-4H3/b20-11-,23-21?. The molecule has 3 heterocycles. The van der Waals surface area contributed by atoms with Crippen molar-refractivity contribution in [3.63, 3.8) is 0 Å². The molecule has 0 atom stereocenters. The zero-order valence-corrected chi connectivity index (χ0v) is 16.8. The number of ether oxygens (including phenoxy) is 1. The first-order chi connectivity index (χ1) is 13.6. The van der Waals surface area contributed by atoms with Gasteiger partial charge in [0.25, 0.3) is 0 Å². The Kier molecular flexibility index (Phi) is 4.92. The van der Waals surface area contributed by atoms with Crippen molar-refractivity contribution in [3.8, 4) is 5.75 Å². The Bertz CT molecular complexity index is 1260. The quantitative estimate of drug-likeness (QED) is 0.624. The molecular formula is C23H26N4O. The highest BCUT2D eigenvalue weighted by atomic mass is 16.5. The zero-order valence-electron chi connectivity index (χ0n) is 16.8. The predicted octanol–water partition coefficient (Wildman–Crippen LogP) is 0.999. The molecule has 5 heteroatoms. The van der Waals surface area contributed by atoms with Crippen LogP contribution in [0.15, 0.2) is 41.4 Å². The third kappa shape index (κ3) is 3.29. The van der Waals surface area contributed by atoms with Crippen LogP contribution in [0.5, 0.6) is 5.75 Å². The van der Waals surface area contributed by atoms with Crippen LogP contribution < -0.4 is 31.3 Å². The summed E-state index contributed by atoms with van der Waals surface area (Å²) >= 11 is 0. The molecular weight excluding hydrogens is 348 g/mol. The van der Waals surface area contributed by atoms with Crippen molar-refractivity contribution in [2.24, 2.45) is 4.99 Å². The second-order valence-corrected chi connectivity index (χ2v) is 7.09. The maximum atomic E-state index is 5.64. The van der Waals surface area contributed by atoms with Gasteiger partial charge in [-0.25, -0.2) is 4.99 Å². The van der Waals surface area contributed by atoms with Crippen LogP contribution in [0.25, 0.3) is 17.3 Å². The van der Waals surface area contributed by atoms with Crippen LogP contribution in [-0.2, 0) is 0 Å². The number of benzene rings is 1. The molecule has 0 spiro atoms. The van der Waals surface area contributed by atoms with Crippen molar-refractivity contribution in [1.29, 1.82) is 0 Å². The summed E-state index contributed by atoms with van der Waals surface area (Å²) in [4.78, 5) is 11.8. The van der Waals surface area contributed by atoms with Gasteiger partial charge in [-0.2, -0.15) is 0 Å². The van der Waals surface area contributed by atoms with Crippen molar-refractivity contribution >= 4 is 17.3 Å². The Hall–Kier alpha value is -3.05. The molecule has 1 aromatic carbocycles. The van der Waals surface area contributed by atoms with E-state index in [1.54, 1.807) is 7.11 Å². The highest BCUT2D eigenvalue weighted by molar-refractivity contribution is 5.89. The summed E-state index contributed by atoms with van der Waals surface area (Å²) < 4.78 is 5.64. The van der Waals surface area contributed by atoms with E-state index in [0.29, 0.717) is 0 Å². The average Bonchev–Trinajstić information content (AvgIpc) is 3.35. The van der Waals surface area contributed by atoms with Crippen molar-refractivity contribution in [2.45, 2.75) is 20.8 Å². The van der Waals surface area contributed by atoms with Crippen molar-refractivity contribution in [2.75, 3.05) is 20.2 Å². The van der Waals surface area contributed by atoms with Gasteiger partial charge in [0.1, 0.15) is 5.75 Å². The van der Waals surface area contributed by atoms with Gasteiger partial charge in [-0.1, -0.05) is 25.1 Å². The molecule has 0 saturated heterocycles. The van der Waals surface area contributed by atoms with Gasteiger partial charge in [0, 0.05) is 34.8 Å². The number of para-hydroxylation sites is 1. The molecule has 0 unspecified atom stereocenters. The lowest BCUT2D eigenvalue weighted by molar-refractivity contribution is 0.412. The van der Waals surface area contributed by atoms with E-state index in [4.69, 9.17) is 9.73 Å². The average molecular weight is 374 g/mol. The van der Waals surface area contributed by atoms with E-state index in [1.165, 1.54) is 16.4 Å². The number of nitrogens with zero attached hydrogens (tertiary/aromatic N) is 1. The SMILES string of the molecule is CCNCC1=c2ccccc2=NC1=c1cc(OC)/c(=C/c2[nH]c(C)cc2C)[nH]1. The molecule has 3 N–H and O–H groups in total. The van der Waals surface area contributed by atoms with Gasteiger partial charge in [-0.05, 0) is 44.2 Å². The molecule has 144 valence electrons. The van der Waals surface area contributed by atoms with Gasteiger partial charge in [0.05, 0.1) is 28.9 Å². The van der Waals surface area contributed by atoms with Crippen LogP contribution in [0.3, 0.4) is 0 Å². The van der Waals surface area contributed by atoms with Crippen LogP contribution in [0.2, 0.25) is 0 Å². The summed E-state index contributed by atoms with van der Waals surface area (Å²) in [5, 5.41) is 7.54. The predicted molar refractivity (Wildman–Crippen MR) is 113 cm³/mol. The fourth-order valence-corrected chi connectivity index (χ4v) is 3.69. The molecule has 0 bridgehead atoms. The fraction of sp³-hybridized carbons (Fsp3) is 0.261. The van der Waals surface area contributed by atoms with Crippen molar-refractivity contribution in [1.82, 2.24) is 15.3 Å². The molecule has 1 aliphatic rings. The molecule has 1 aliphatic heterocycles. The van der Waals surface area contributed by atoms with Crippen LogP contribution in [0.4, 0.5) is 0 Å². The molecule has 0 saturated carbocycles. The summed E-state index contributed by atoms with van der Waals surface area (Å²) in [5.41, 5.74) is 5.61. The number of fused-ring (bicyclic) bond motifs is 1. The minimum Gasteiger partial charge on any atom is -0.494 e. The highest BCUT2D eigenvalue weighted by Gasteiger charge is 2.15. The lowest BCUT2D eigenvalue weighted by Gasteiger charge is -2.04. The van der Waals surface area contributed by atoms with Gasteiger partial charge in [0.15, 0.2) is 0 Å². The minimum absolute atomic E-state index is 0.779. The second kappa shape index (κ2) is 7.52. The van der Waals surface area contributed by atoms with E-state index >= 15 is 0 Å². The topological polar surface area (TPSA) is 65.2 Å². The largest absolute Gasteiger partial charge is 0.494 e. The van der Waals surface area contributed by atoms with Crippen LogP contribution in [-0.4, -0.2) is 30.2 Å². The van der Waals surface area contributed by atoms with Gasteiger partial charge in [0.2, 0.25) is 0 Å². The number of nitrogens with one attached hydrogen (secondary N) is 3. The monoisotopic (exact) mass is 374 g/mol. The number of hydrogen-bond acceptors (Lipinski definition) is 3. The maximum Gasteiger partial charge on any atom is 0.144 e. The van der Waals surface area contributed by atoms with Crippen molar-refractivity contribution < 1.29 is 4.74 Å². The summed E-state index contributed by atoms with van der Waals surface area (Å²) in [6, 6.07) is 12.5. The number of H-pyrrole nitrogens is 2. The van der Waals surface area contributed by atoms with Crippen LogP contribution in [0.1, 0.15) is 23.9 Å². The Morgan fingerprint density at radius 3 is 2.68 bits per heavy atom. The Morgan fingerprint density at radius 1 is 1.14 bits per heavy atom. The molecule has 0 radical (unpaired) electrons. The Labute approximate surface area is 164 Å². The molecule has 0 amide bonds. The minimum atomic E-state index is 0.779. The molecule has 4 rings (SSSR count). The first kappa shape index (κ1) is 18.3. The Morgan fingerprint density at radius 2 is 1.96 bits per heavy atom. The smallest absolute Gasteiger partial charge is 0.144 e. The molecule has 28 heavy (non-hydrogen) atoms. The number of methoxy groups -OCH3 is 1. The van der Waals surface area contributed by atoms with E-state index in [0.717, 1.165) is 52.0 Å².